The average Bonchev–Trinajstić information content (AvgIpc) is 3.41. The summed E-state index contributed by atoms with van der Waals surface area (Å²) in [5, 5.41) is -0.229. The monoisotopic (exact) mass is 856 g/mol. The van der Waals surface area contributed by atoms with E-state index in [-0.39, 0.29) is 53.7 Å². The minimum atomic E-state index is -4.48. The maximum atomic E-state index is 14.8. The first-order chi connectivity index (χ1) is 26.3. The van der Waals surface area contributed by atoms with Crippen LogP contribution in [0.4, 0.5) is 11.8 Å². The number of fused-ring (bicyclic) bond motifs is 4. The number of methoxy groups -OCH3 is 1. The van der Waals surface area contributed by atoms with E-state index >= 15 is 0 Å². The van der Waals surface area contributed by atoms with Gasteiger partial charge in [0.25, 0.3) is 5.56 Å². The third-order valence-corrected chi connectivity index (χ3v) is 19.2. The summed E-state index contributed by atoms with van der Waals surface area (Å²) in [4.78, 5) is 48.6. The zero-order valence-corrected chi connectivity index (χ0v) is 35.4. The van der Waals surface area contributed by atoms with Crippen molar-refractivity contribution in [2.75, 3.05) is 38.4 Å². The standard InChI is InChI=1S/C31H46N10O11P2SSi/c1-8-46-53(43)48-11-31-9-15(31)19(40-13-36-17-24(32)34-12-35-25(17)40)21(52-56(6,7)30(2,3)4)23(31)51-54(44,55)47-10-16-20(45-5)22(50-53)28(49-16)41-14-37-18-26(41)38-29(33)39-27(18)42/h12-16,19-23,28H,8-11H2,1-7H3,(H,44,55)(H2,32,34,35)(H3,33,38,39,42)/t15-,16-,19-,20-,21?,22-,23+,28-,31+,53?,54?/m1/s1. The van der Waals surface area contributed by atoms with E-state index < -0.39 is 76.6 Å². The fourth-order valence-corrected chi connectivity index (χ4v) is 12.1. The summed E-state index contributed by atoms with van der Waals surface area (Å²) in [6.07, 6.45) is -1.24. The summed E-state index contributed by atoms with van der Waals surface area (Å²) >= 11 is 5.72. The number of rotatable bonds is 7. The van der Waals surface area contributed by atoms with Gasteiger partial charge in [-0.05, 0) is 49.2 Å². The van der Waals surface area contributed by atoms with E-state index in [1.54, 1.807) is 13.3 Å². The lowest BCUT2D eigenvalue weighted by Crippen LogP contribution is -2.50. The molecule has 6 heterocycles. The van der Waals surface area contributed by atoms with Crippen molar-refractivity contribution in [3.8, 4) is 0 Å². The van der Waals surface area contributed by atoms with Crippen LogP contribution in [0.3, 0.4) is 0 Å². The second-order valence-electron chi connectivity index (χ2n) is 16.0. The molecule has 3 unspecified atom stereocenters. The minimum absolute atomic E-state index is 0.0249. The summed E-state index contributed by atoms with van der Waals surface area (Å²) in [6.45, 7) is 7.53. The summed E-state index contributed by atoms with van der Waals surface area (Å²) < 4.78 is 68.7. The third kappa shape index (κ3) is 6.67. The molecule has 2 aliphatic carbocycles. The fraction of sp³-hybridized carbons (Fsp3) is 0.677. The number of ether oxygens (including phenoxy) is 2. The number of hydrogen-bond donors (Lipinski definition) is 4. The Morgan fingerprint density at radius 3 is 2.54 bits per heavy atom. The minimum Gasteiger partial charge on any atom is -0.409 e. The molecule has 1 spiro atoms. The molecule has 306 valence electrons. The first kappa shape index (κ1) is 40.0. The van der Waals surface area contributed by atoms with Crippen molar-refractivity contribution in [2.24, 2.45) is 11.3 Å². The molecule has 2 saturated heterocycles. The molecule has 2 bridgehead atoms. The Bertz CT molecular complexity index is 2320. The highest BCUT2D eigenvalue weighted by atomic mass is 32.5. The number of imidazole rings is 2. The SMILES string of the molecule is CCOP1(=O)OC[C@@]23C[C@@H]2[C@@H](n2cnc4c(N)ncnc42)C(O[Si](C)(C)C(C)(C)C)[C@@H]3OP(O)(=S)OC[C@H]2O[C@@H](n3cnc4c(=O)[nH]c(N)nc43)[C@H](O1)[C@@H]2OC. The topological polar surface area (TPSA) is 270 Å². The summed E-state index contributed by atoms with van der Waals surface area (Å²) in [6, 6.07) is -0.466. The highest BCUT2D eigenvalue weighted by molar-refractivity contribution is 8.07. The molecule has 0 aromatic carbocycles. The number of nitrogens with one attached hydrogen (secondary N) is 1. The van der Waals surface area contributed by atoms with Crippen LogP contribution < -0.4 is 17.0 Å². The van der Waals surface area contributed by atoms with Crippen molar-refractivity contribution in [3.05, 3.63) is 29.3 Å². The largest absolute Gasteiger partial charge is 0.475 e. The Morgan fingerprint density at radius 2 is 1.82 bits per heavy atom. The predicted octanol–water partition coefficient (Wildman–Crippen LogP) is 3.17. The quantitative estimate of drug-likeness (QED) is 0.153. The highest BCUT2D eigenvalue weighted by Gasteiger charge is 2.75. The Morgan fingerprint density at radius 1 is 1.09 bits per heavy atom. The normalized spacial score (nSPS) is 36.5. The lowest BCUT2D eigenvalue weighted by Gasteiger charge is -2.43. The molecule has 56 heavy (non-hydrogen) atoms. The maximum absolute atomic E-state index is 14.8. The first-order valence-corrected chi connectivity index (χ1v) is 25.0. The van der Waals surface area contributed by atoms with Gasteiger partial charge in [-0.2, -0.15) is 4.98 Å². The zero-order chi connectivity index (χ0) is 40.2. The lowest BCUT2D eigenvalue weighted by atomic mass is 10.0. The van der Waals surface area contributed by atoms with Crippen molar-refractivity contribution < 1.29 is 46.0 Å². The van der Waals surface area contributed by atoms with Gasteiger partial charge in [0.2, 0.25) is 5.95 Å². The van der Waals surface area contributed by atoms with Crippen molar-refractivity contribution in [1.29, 1.82) is 0 Å². The van der Waals surface area contributed by atoms with Crippen LogP contribution >= 0.6 is 14.5 Å². The molecule has 0 amide bonds. The number of hydrogen-bond acceptors (Lipinski definition) is 18. The molecule has 11 atom stereocenters. The summed E-state index contributed by atoms with van der Waals surface area (Å²) in [5.41, 5.74) is 11.5. The average molecular weight is 857 g/mol. The van der Waals surface area contributed by atoms with E-state index in [2.05, 4.69) is 63.8 Å². The number of nitrogens with zero attached hydrogens (tertiary/aromatic N) is 7. The van der Waals surface area contributed by atoms with Crippen LogP contribution in [0.25, 0.3) is 22.3 Å². The van der Waals surface area contributed by atoms with E-state index in [4.69, 9.17) is 59.8 Å². The number of anilines is 2. The van der Waals surface area contributed by atoms with Crippen LogP contribution in [0.2, 0.25) is 18.1 Å². The van der Waals surface area contributed by atoms with Gasteiger partial charge in [-0.3, -0.25) is 27.9 Å². The second kappa shape index (κ2) is 13.9. The molecule has 2 aliphatic heterocycles. The third-order valence-electron chi connectivity index (χ3n) is 11.7. The smallest absolute Gasteiger partial charge is 0.409 e. The number of phosphoric acid groups is 1. The first-order valence-electron chi connectivity index (χ1n) is 18.1. The molecule has 4 fully saturated rings. The van der Waals surface area contributed by atoms with Gasteiger partial charge in [-0.1, -0.05) is 20.8 Å². The van der Waals surface area contributed by atoms with Crippen molar-refractivity contribution in [2.45, 2.75) is 95.0 Å². The van der Waals surface area contributed by atoms with Crippen LogP contribution in [0.1, 0.15) is 46.4 Å². The summed E-state index contributed by atoms with van der Waals surface area (Å²) in [7, 11) is -5.65. The van der Waals surface area contributed by atoms with Crippen molar-refractivity contribution >= 4 is 68.8 Å². The molecule has 4 aromatic rings. The number of phosphoric ester groups is 1. The maximum Gasteiger partial charge on any atom is 0.475 e. The number of nitrogen functional groups attached to an aromatic ring is 2. The van der Waals surface area contributed by atoms with Crippen LogP contribution in [-0.4, -0.2) is 110 Å². The number of aromatic nitrogens is 8. The van der Waals surface area contributed by atoms with Crippen LogP contribution in [0, 0.1) is 11.3 Å². The summed E-state index contributed by atoms with van der Waals surface area (Å²) in [5.74, 6) is -0.184. The van der Waals surface area contributed by atoms with Gasteiger partial charge in [0.05, 0.1) is 44.6 Å². The predicted molar refractivity (Wildman–Crippen MR) is 206 cm³/mol. The molecule has 6 N–H and O–H groups in total. The highest BCUT2D eigenvalue weighted by Crippen LogP contribution is 2.73. The van der Waals surface area contributed by atoms with Crippen molar-refractivity contribution in [3.63, 3.8) is 0 Å². The van der Waals surface area contributed by atoms with Gasteiger partial charge in [-0.25, -0.2) is 24.5 Å². The number of aromatic amines is 1. The van der Waals surface area contributed by atoms with Crippen LogP contribution in [-0.2, 0) is 52.9 Å². The Kier molecular flexibility index (Phi) is 9.96. The molecular formula is C31H46N10O11P2SSi. The van der Waals surface area contributed by atoms with E-state index in [0.717, 1.165) is 0 Å². The molecule has 2 saturated carbocycles. The molecule has 4 aromatic heterocycles. The van der Waals surface area contributed by atoms with Gasteiger partial charge < -0.3 is 43.9 Å². The van der Waals surface area contributed by atoms with Crippen LogP contribution in [0.5, 0.6) is 0 Å². The van der Waals surface area contributed by atoms with Crippen LogP contribution in [0.15, 0.2) is 23.8 Å². The van der Waals surface area contributed by atoms with Gasteiger partial charge in [0.15, 0.2) is 37.2 Å². The van der Waals surface area contributed by atoms with Crippen molar-refractivity contribution in [1.82, 2.24) is 39.0 Å². The lowest BCUT2D eigenvalue weighted by molar-refractivity contribution is -0.0625. The molecular weight excluding hydrogens is 811 g/mol. The Hall–Kier alpha value is -2.76. The van der Waals surface area contributed by atoms with Gasteiger partial charge in [-0.15, -0.1) is 0 Å². The number of H-pyrrole nitrogens is 1. The second-order valence-corrected chi connectivity index (χ2v) is 25.2. The van der Waals surface area contributed by atoms with E-state index in [0.29, 0.717) is 17.6 Å². The molecule has 0 radical (unpaired) electrons. The number of nitrogens with two attached hydrogens (primary N) is 2. The molecule has 25 heteroatoms. The molecule has 4 aliphatic rings. The van der Waals surface area contributed by atoms with Gasteiger partial charge in [0, 0.05) is 12.5 Å². The molecule has 8 rings (SSSR count). The Labute approximate surface area is 327 Å². The molecule has 21 nitrogen and oxygen atoms in total. The van der Waals surface area contributed by atoms with E-state index in [9.17, 15) is 14.3 Å². The van der Waals surface area contributed by atoms with E-state index in [1.165, 1.54) is 24.3 Å². The zero-order valence-electron chi connectivity index (χ0n) is 31.8. The van der Waals surface area contributed by atoms with Gasteiger partial charge in [0.1, 0.15) is 36.3 Å². The Balaban J connectivity index is 1.22. The van der Waals surface area contributed by atoms with E-state index in [1.807, 2.05) is 4.57 Å². The van der Waals surface area contributed by atoms with Gasteiger partial charge >= 0.3 is 14.5 Å². The fourth-order valence-electron chi connectivity index (χ4n) is 7.91.